The van der Waals surface area contributed by atoms with Crippen LogP contribution in [-0.4, -0.2) is 5.91 Å². The summed E-state index contributed by atoms with van der Waals surface area (Å²) in [5.41, 5.74) is 8.25. The van der Waals surface area contributed by atoms with Crippen molar-refractivity contribution in [2.45, 2.75) is 51.0 Å². The van der Waals surface area contributed by atoms with Crippen LogP contribution in [0.4, 0.5) is 10.1 Å². The molecule has 1 aromatic rings. The quantitative estimate of drug-likeness (QED) is 0.869. The average Bonchev–Trinajstić information content (AvgIpc) is 2.76. The minimum atomic E-state index is -0.360. The Kier molecular flexibility index (Phi) is 3.50. The Morgan fingerprint density at radius 3 is 2.70 bits per heavy atom. The number of fused-ring (bicyclic) bond motifs is 1. The van der Waals surface area contributed by atoms with E-state index < -0.39 is 0 Å². The largest absolute Gasteiger partial charge is 0.324 e. The van der Waals surface area contributed by atoms with Gasteiger partial charge in [-0.1, -0.05) is 25.3 Å². The van der Waals surface area contributed by atoms with Crippen LogP contribution >= 0.6 is 0 Å². The fraction of sp³-hybridized carbons (Fsp3) is 0.562. The molecule has 20 heavy (non-hydrogen) atoms. The van der Waals surface area contributed by atoms with E-state index in [-0.39, 0.29) is 23.7 Å². The second kappa shape index (κ2) is 5.17. The van der Waals surface area contributed by atoms with Gasteiger partial charge < -0.3 is 11.1 Å². The second-order valence-corrected chi connectivity index (χ2v) is 6.10. The molecule has 3 rings (SSSR count). The van der Waals surface area contributed by atoms with Gasteiger partial charge in [-0.3, -0.25) is 4.79 Å². The molecule has 0 saturated heterocycles. The smallest absolute Gasteiger partial charge is 0.231 e. The molecule has 1 fully saturated rings. The molecule has 1 aliphatic carbocycles. The lowest BCUT2D eigenvalue weighted by Gasteiger charge is -2.28. The van der Waals surface area contributed by atoms with Crippen LogP contribution in [0.2, 0.25) is 0 Å². The van der Waals surface area contributed by atoms with E-state index >= 15 is 0 Å². The lowest BCUT2D eigenvalue weighted by Crippen LogP contribution is -2.23. The lowest BCUT2D eigenvalue weighted by atomic mass is 9.81. The minimum Gasteiger partial charge on any atom is -0.324 e. The summed E-state index contributed by atoms with van der Waals surface area (Å²) in [6.07, 6.45) is 5.93. The Balaban J connectivity index is 1.91. The number of benzene rings is 1. The van der Waals surface area contributed by atoms with Gasteiger partial charge in [-0.2, -0.15) is 0 Å². The van der Waals surface area contributed by atoms with E-state index in [2.05, 4.69) is 5.32 Å². The number of hydrogen-bond acceptors (Lipinski definition) is 2. The van der Waals surface area contributed by atoms with Crippen LogP contribution in [0.3, 0.4) is 0 Å². The molecule has 3 nitrogen and oxygen atoms in total. The average molecular weight is 276 g/mol. The van der Waals surface area contributed by atoms with Crippen LogP contribution in [-0.2, 0) is 4.79 Å². The maximum Gasteiger partial charge on any atom is 0.231 e. The first kappa shape index (κ1) is 13.6. The molecular formula is C16H21FN2O. The van der Waals surface area contributed by atoms with Crippen LogP contribution in [0.15, 0.2) is 12.1 Å². The van der Waals surface area contributed by atoms with Crippen LogP contribution < -0.4 is 11.1 Å². The monoisotopic (exact) mass is 276 g/mol. The highest BCUT2D eigenvalue weighted by atomic mass is 19.1. The van der Waals surface area contributed by atoms with E-state index in [0.717, 1.165) is 24.0 Å². The van der Waals surface area contributed by atoms with Crippen molar-refractivity contribution >= 4 is 11.6 Å². The lowest BCUT2D eigenvalue weighted by molar-refractivity contribution is -0.116. The highest BCUT2D eigenvalue weighted by Crippen LogP contribution is 2.39. The van der Waals surface area contributed by atoms with Crippen molar-refractivity contribution in [3.63, 3.8) is 0 Å². The summed E-state index contributed by atoms with van der Waals surface area (Å²) in [6, 6.07) is 3.29. The predicted molar refractivity (Wildman–Crippen MR) is 76.9 cm³/mol. The number of nitrogens with two attached hydrogens (primary N) is 1. The second-order valence-electron chi connectivity index (χ2n) is 6.10. The van der Waals surface area contributed by atoms with Gasteiger partial charge in [0.25, 0.3) is 0 Å². The first-order valence-corrected chi connectivity index (χ1v) is 7.47. The van der Waals surface area contributed by atoms with Gasteiger partial charge in [0.1, 0.15) is 5.82 Å². The van der Waals surface area contributed by atoms with Gasteiger partial charge in [0.2, 0.25) is 5.91 Å². The summed E-state index contributed by atoms with van der Waals surface area (Å²) in [5, 5.41) is 2.61. The molecule has 4 heteroatoms. The maximum absolute atomic E-state index is 14.2. The molecule has 3 N–H and O–H groups in total. The summed E-state index contributed by atoms with van der Waals surface area (Å²) in [4.78, 5) is 11.7. The highest BCUT2D eigenvalue weighted by molar-refractivity contribution is 6.02. The number of amides is 1. The fourth-order valence-electron chi connectivity index (χ4n) is 3.45. The van der Waals surface area contributed by atoms with Crippen molar-refractivity contribution < 1.29 is 9.18 Å². The maximum atomic E-state index is 14.2. The standard InChI is InChI=1S/C16H21FN2O/c1-9-12-7-11(8-13(17)15(12)19-16(9)20)14(18)10-5-3-2-4-6-10/h7-10,14H,2-6,18H2,1H3,(H,19,20). The van der Waals surface area contributed by atoms with Gasteiger partial charge in [-0.15, -0.1) is 0 Å². The number of halogens is 1. The molecule has 0 radical (unpaired) electrons. The number of nitrogens with one attached hydrogen (secondary N) is 1. The van der Waals surface area contributed by atoms with E-state index in [4.69, 9.17) is 5.73 Å². The number of rotatable bonds is 2. The minimum absolute atomic E-state index is 0.127. The normalized spacial score (nSPS) is 24.4. The molecule has 0 spiro atoms. The SMILES string of the molecule is CC1C(=O)Nc2c(F)cc(C(N)C3CCCCC3)cc21. The Morgan fingerprint density at radius 1 is 1.30 bits per heavy atom. The van der Waals surface area contributed by atoms with E-state index in [1.54, 1.807) is 6.92 Å². The first-order chi connectivity index (χ1) is 9.58. The van der Waals surface area contributed by atoms with Gasteiger partial charge in [-0.25, -0.2) is 4.39 Å². The Labute approximate surface area is 118 Å². The van der Waals surface area contributed by atoms with Gasteiger partial charge in [0.05, 0.1) is 11.6 Å². The van der Waals surface area contributed by atoms with Crippen LogP contribution in [0.1, 0.15) is 62.1 Å². The number of anilines is 1. The van der Waals surface area contributed by atoms with Gasteiger partial charge >= 0.3 is 0 Å². The molecule has 1 aromatic carbocycles. The number of carbonyl (C=O) groups is 1. The Bertz CT molecular complexity index is 538. The zero-order valence-electron chi connectivity index (χ0n) is 11.8. The van der Waals surface area contributed by atoms with Gasteiger partial charge in [0, 0.05) is 6.04 Å². The topological polar surface area (TPSA) is 55.1 Å². The molecule has 2 aliphatic rings. The van der Waals surface area contributed by atoms with E-state index in [0.29, 0.717) is 11.6 Å². The van der Waals surface area contributed by atoms with Crippen molar-refractivity contribution in [2.24, 2.45) is 11.7 Å². The molecule has 108 valence electrons. The third-order valence-corrected chi connectivity index (χ3v) is 4.79. The Morgan fingerprint density at radius 2 is 2.00 bits per heavy atom. The van der Waals surface area contributed by atoms with Crippen molar-refractivity contribution in [1.82, 2.24) is 0 Å². The third kappa shape index (κ3) is 2.22. The van der Waals surface area contributed by atoms with E-state index in [9.17, 15) is 9.18 Å². The number of hydrogen-bond donors (Lipinski definition) is 2. The van der Waals surface area contributed by atoms with Crippen molar-refractivity contribution in [3.05, 3.63) is 29.1 Å². The fourth-order valence-corrected chi connectivity index (χ4v) is 3.45. The van der Waals surface area contributed by atoms with E-state index in [1.807, 2.05) is 6.07 Å². The summed E-state index contributed by atoms with van der Waals surface area (Å²) in [6.45, 7) is 1.80. The summed E-state index contributed by atoms with van der Waals surface area (Å²) in [7, 11) is 0. The van der Waals surface area contributed by atoms with Crippen molar-refractivity contribution in [1.29, 1.82) is 0 Å². The van der Waals surface area contributed by atoms with Crippen molar-refractivity contribution in [2.75, 3.05) is 5.32 Å². The zero-order valence-corrected chi connectivity index (χ0v) is 11.8. The summed E-state index contributed by atoms with van der Waals surface area (Å²) in [5.74, 6) is -0.358. The molecule has 0 aromatic heterocycles. The molecule has 1 aliphatic heterocycles. The van der Waals surface area contributed by atoms with Gasteiger partial charge in [0.15, 0.2) is 0 Å². The third-order valence-electron chi connectivity index (χ3n) is 4.79. The molecule has 1 saturated carbocycles. The Hall–Kier alpha value is -1.42. The molecule has 1 amide bonds. The van der Waals surface area contributed by atoms with Crippen LogP contribution in [0.5, 0.6) is 0 Å². The van der Waals surface area contributed by atoms with Gasteiger partial charge in [-0.05, 0) is 42.9 Å². The first-order valence-electron chi connectivity index (χ1n) is 7.47. The predicted octanol–water partition coefficient (Wildman–Crippen LogP) is 3.46. The van der Waals surface area contributed by atoms with Crippen molar-refractivity contribution in [3.8, 4) is 0 Å². The van der Waals surface area contributed by atoms with Crippen LogP contribution in [0.25, 0.3) is 0 Å². The highest BCUT2D eigenvalue weighted by Gasteiger charge is 2.31. The van der Waals surface area contributed by atoms with Crippen LogP contribution in [0, 0.1) is 11.7 Å². The number of carbonyl (C=O) groups excluding carboxylic acids is 1. The molecular weight excluding hydrogens is 255 g/mol. The summed E-state index contributed by atoms with van der Waals surface area (Å²) < 4.78 is 14.2. The zero-order chi connectivity index (χ0) is 14.3. The summed E-state index contributed by atoms with van der Waals surface area (Å²) >= 11 is 0. The van der Waals surface area contributed by atoms with E-state index in [1.165, 1.54) is 25.3 Å². The molecule has 2 unspecified atom stereocenters. The molecule has 0 bridgehead atoms. The molecule has 1 heterocycles. The molecule has 2 atom stereocenters.